The summed E-state index contributed by atoms with van der Waals surface area (Å²) in [6, 6.07) is 26.4. The second-order valence-electron chi connectivity index (χ2n) is 10.7. The molecule has 0 aliphatic heterocycles. The summed E-state index contributed by atoms with van der Waals surface area (Å²) in [5.41, 5.74) is 2.41. The zero-order valence-electron chi connectivity index (χ0n) is 22.0. The summed E-state index contributed by atoms with van der Waals surface area (Å²) in [5.74, 6) is -0.613. The van der Waals surface area contributed by atoms with E-state index in [4.69, 9.17) is 0 Å². The minimum Gasteiger partial charge on any atom is -0.325 e. The summed E-state index contributed by atoms with van der Waals surface area (Å²) >= 11 is 0. The van der Waals surface area contributed by atoms with E-state index in [0.717, 1.165) is 62.5 Å². The molecule has 0 heterocycles. The maximum Gasteiger partial charge on any atom is 0.243 e. The SMILES string of the molecule is O=C(Nc1ccc(S(=O)(=O)N(C2CCCCC2)C2CCCCC2)cc1)C(c1ccccc1)c1ccccc1. The fraction of sp³-hybridized carbons (Fsp3) is 0.406. The van der Waals surface area contributed by atoms with Crippen molar-refractivity contribution >= 4 is 21.6 Å². The smallest absolute Gasteiger partial charge is 0.243 e. The van der Waals surface area contributed by atoms with Gasteiger partial charge in [0.05, 0.1) is 10.8 Å². The van der Waals surface area contributed by atoms with Crippen molar-refractivity contribution in [3.8, 4) is 0 Å². The number of nitrogens with one attached hydrogen (secondary N) is 1. The van der Waals surface area contributed by atoms with Crippen LogP contribution in [0.5, 0.6) is 0 Å². The molecule has 6 heteroatoms. The molecule has 1 amide bonds. The van der Waals surface area contributed by atoms with Gasteiger partial charge in [-0.1, -0.05) is 99.2 Å². The molecule has 2 aliphatic carbocycles. The third-order valence-electron chi connectivity index (χ3n) is 8.09. The average molecular weight is 531 g/mol. The number of anilines is 1. The van der Waals surface area contributed by atoms with E-state index in [1.165, 1.54) is 12.8 Å². The van der Waals surface area contributed by atoms with Crippen molar-refractivity contribution in [1.29, 1.82) is 0 Å². The van der Waals surface area contributed by atoms with Gasteiger partial charge in [0.2, 0.25) is 15.9 Å². The lowest BCUT2D eigenvalue weighted by Gasteiger charge is -2.40. The molecule has 3 aromatic rings. The van der Waals surface area contributed by atoms with E-state index in [2.05, 4.69) is 5.32 Å². The van der Waals surface area contributed by atoms with Crippen LogP contribution in [0.2, 0.25) is 0 Å². The second-order valence-corrected chi connectivity index (χ2v) is 12.5. The van der Waals surface area contributed by atoms with Gasteiger partial charge in [0.15, 0.2) is 0 Å². The number of nitrogens with zero attached hydrogens (tertiary/aromatic N) is 1. The zero-order chi connectivity index (χ0) is 26.4. The van der Waals surface area contributed by atoms with E-state index in [0.29, 0.717) is 10.6 Å². The average Bonchev–Trinajstić information content (AvgIpc) is 2.96. The molecule has 5 rings (SSSR count). The van der Waals surface area contributed by atoms with Crippen LogP contribution in [-0.2, 0) is 14.8 Å². The van der Waals surface area contributed by atoms with E-state index < -0.39 is 15.9 Å². The Labute approximate surface area is 227 Å². The van der Waals surface area contributed by atoms with E-state index in [1.807, 2.05) is 65.0 Å². The summed E-state index contributed by atoms with van der Waals surface area (Å²) in [4.78, 5) is 13.8. The van der Waals surface area contributed by atoms with Gasteiger partial charge in [-0.2, -0.15) is 4.31 Å². The van der Waals surface area contributed by atoms with Crippen molar-refractivity contribution in [2.45, 2.75) is 87.1 Å². The lowest BCUT2D eigenvalue weighted by Crippen LogP contribution is -2.48. The molecule has 0 saturated heterocycles. The second kappa shape index (κ2) is 12.3. The summed E-state index contributed by atoms with van der Waals surface area (Å²) < 4.78 is 29.8. The van der Waals surface area contributed by atoms with Crippen molar-refractivity contribution < 1.29 is 13.2 Å². The predicted octanol–water partition coefficient (Wildman–Crippen LogP) is 7.11. The molecule has 5 nitrogen and oxygen atoms in total. The van der Waals surface area contributed by atoms with Crippen molar-refractivity contribution in [2.75, 3.05) is 5.32 Å². The number of carbonyl (C=O) groups excluding carboxylic acids is 1. The molecule has 2 aliphatic rings. The van der Waals surface area contributed by atoms with E-state index in [-0.39, 0.29) is 18.0 Å². The number of hydrogen-bond donors (Lipinski definition) is 1. The van der Waals surface area contributed by atoms with E-state index in [1.54, 1.807) is 24.3 Å². The van der Waals surface area contributed by atoms with Gasteiger partial charge in [-0.3, -0.25) is 4.79 Å². The topological polar surface area (TPSA) is 66.5 Å². The quantitative estimate of drug-likeness (QED) is 0.337. The van der Waals surface area contributed by atoms with Crippen molar-refractivity contribution in [3.05, 3.63) is 96.1 Å². The van der Waals surface area contributed by atoms with Gasteiger partial charge in [-0.25, -0.2) is 8.42 Å². The minimum atomic E-state index is -3.63. The number of sulfonamides is 1. The number of amides is 1. The third-order valence-corrected chi connectivity index (χ3v) is 10.1. The number of hydrogen-bond acceptors (Lipinski definition) is 3. The van der Waals surface area contributed by atoms with Crippen molar-refractivity contribution in [3.63, 3.8) is 0 Å². The Kier molecular flexibility index (Phi) is 8.60. The highest BCUT2D eigenvalue weighted by atomic mass is 32.2. The van der Waals surface area contributed by atoms with Crippen LogP contribution < -0.4 is 5.32 Å². The normalized spacial score (nSPS) is 17.5. The van der Waals surface area contributed by atoms with Crippen LogP contribution in [0.1, 0.15) is 81.3 Å². The Morgan fingerprint density at radius 2 is 1.11 bits per heavy atom. The maximum atomic E-state index is 14.0. The van der Waals surface area contributed by atoms with E-state index >= 15 is 0 Å². The number of carbonyl (C=O) groups is 1. The maximum absolute atomic E-state index is 14.0. The minimum absolute atomic E-state index is 0.0914. The Morgan fingerprint density at radius 1 is 0.658 bits per heavy atom. The highest BCUT2D eigenvalue weighted by Crippen LogP contribution is 2.35. The Hall–Kier alpha value is -2.96. The van der Waals surface area contributed by atoms with Crippen molar-refractivity contribution in [1.82, 2.24) is 4.31 Å². The molecule has 0 unspecified atom stereocenters. The first-order chi connectivity index (χ1) is 18.5. The third kappa shape index (κ3) is 6.02. The molecule has 0 aromatic heterocycles. The summed E-state index contributed by atoms with van der Waals surface area (Å²) in [5, 5.41) is 3.03. The highest BCUT2D eigenvalue weighted by Gasteiger charge is 2.38. The first-order valence-electron chi connectivity index (χ1n) is 14.1. The van der Waals surface area contributed by atoms with Gasteiger partial charge in [0.1, 0.15) is 0 Å². The predicted molar refractivity (Wildman–Crippen MR) is 153 cm³/mol. The summed E-state index contributed by atoms with van der Waals surface area (Å²) in [6.07, 6.45) is 10.6. The van der Waals surface area contributed by atoms with Gasteiger partial charge in [0.25, 0.3) is 0 Å². The lowest BCUT2D eigenvalue weighted by atomic mass is 9.90. The molecule has 2 saturated carbocycles. The molecule has 3 aromatic carbocycles. The van der Waals surface area contributed by atoms with Crippen LogP contribution in [0.25, 0.3) is 0 Å². The standard InChI is InChI=1S/C32H38N2O3S/c35-32(31(25-13-5-1-6-14-25)26-15-7-2-8-16-26)33-27-21-23-30(24-22-27)38(36,37)34(28-17-9-3-10-18-28)29-19-11-4-12-20-29/h1-2,5-8,13-16,21-24,28-29,31H,3-4,9-12,17-20H2,(H,33,35). The molecule has 2 fully saturated rings. The van der Waals surface area contributed by atoms with Gasteiger partial charge in [-0.15, -0.1) is 0 Å². The number of rotatable bonds is 8. The van der Waals surface area contributed by atoms with Crippen molar-refractivity contribution in [2.24, 2.45) is 0 Å². The highest BCUT2D eigenvalue weighted by molar-refractivity contribution is 7.89. The lowest BCUT2D eigenvalue weighted by molar-refractivity contribution is -0.116. The van der Waals surface area contributed by atoms with E-state index in [9.17, 15) is 13.2 Å². The first-order valence-corrected chi connectivity index (χ1v) is 15.5. The summed E-state index contributed by atoms with van der Waals surface area (Å²) in [6.45, 7) is 0. The Balaban J connectivity index is 1.37. The zero-order valence-corrected chi connectivity index (χ0v) is 22.8. The largest absolute Gasteiger partial charge is 0.325 e. The van der Waals surface area contributed by atoms with Gasteiger partial charge in [-0.05, 0) is 61.1 Å². The molecule has 1 N–H and O–H groups in total. The molecular formula is C32H38N2O3S. The molecular weight excluding hydrogens is 492 g/mol. The Morgan fingerprint density at radius 3 is 1.55 bits per heavy atom. The molecule has 0 bridgehead atoms. The summed E-state index contributed by atoms with van der Waals surface area (Å²) in [7, 11) is -3.63. The van der Waals surface area contributed by atoms with Crippen LogP contribution in [0.15, 0.2) is 89.8 Å². The monoisotopic (exact) mass is 530 g/mol. The van der Waals surface area contributed by atoms with Crippen LogP contribution in [-0.4, -0.2) is 30.7 Å². The fourth-order valence-electron chi connectivity index (χ4n) is 6.19. The molecule has 200 valence electrons. The molecule has 38 heavy (non-hydrogen) atoms. The molecule has 0 radical (unpaired) electrons. The van der Waals surface area contributed by atoms with Gasteiger partial charge < -0.3 is 5.32 Å². The van der Waals surface area contributed by atoms with Gasteiger partial charge in [0, 0.05) is 17.8 Å². The molecule has 0 spiro atoms. The Bertz CT molecular complexity index is 1220. The molecule has 0 atom stereocenters. The van der Waals surface area contributed by atoms with Crippen LogP contribution in [0, 0.1) is 0 Å². The van der Waals surface area contributed by atoms with Gasteiger partial charge >= 0.3 is 0 Å². The van der Waals surface area contributed by atoms with Crippen LogP contribution >= 0.6 is 0 Å². The first kappa shape index (κ1) is 26.6. The van der Waals surface area contributed by atoms with Crippen LogP contribution in [0.3, 0.4) is 0 Å². The fourth-order valence-corrected chi connectivity index (χ4v) is 8.12. The number of benzene rings is 3. The van der Waals surface area contributed by atoms with Crippen LogP contribution in [0.4, 0.5) is 5.69 Å².